The van der Waals surface area contributed by atoms with Gasteiger partial charge in [0.05, 0.1) is 12.8 Å². The first-order valence-electron chi connectivity index (χ1n) is 11.1. The van der Waals surface area contributed by atoms with Gasteiger partial charge in [-0.05, 0) is 48.6 Å². The lowest BCUT2D eigenvalue weighted by molar-refractivity contribution is 0.0950. The summed E-state index contributed by atoms with van der Waals surface area (Å²) in [7, 11) is 1.67. The van der Waals surface area contributed by atoms with Crippen LogP contribution in [0.15, 0.2) is 73.3 Å². The van der Waals surface area contributed by atoms with Crippen LogP contribution in [0.5, 0.6) is 5.75 Å². The maximum atomic E-state index is 12.7. The molecule has 1 aromatic heterocycles. The summed E-state index contributed by atoms with van der Waals surface area (Å²) in [6.07, 6.45) is 9.84. The number of allylic oxidation sites excluding steroid dienone is 2. The number of aromatic nitrogens is 2. The number of benzene rings is 2. The summed E-state index contributed by atoms with van der Waals surface area (Å²) in [5.74, 6) is 1.39. The fraction of sp³-hybridized carbons (Fsp3) is 0.259. The SMILES string of the molecule is C=CC(=O)n1nc(NC2CCC2)c2c1CC(c1ccccc1)(c1ccc(OC)cc1)C=C2. The van der Waals surface area contributed by atoms with Crippen LogP contribution in [0.4, 0.5) is 5.82 Å². The lowest BCUT2D eigenvalue weighted by Crippen LogP contribution is -2.32. The molecule has 5 heteroatoms. The number of nitrogens with zero attached hydrogens (tertiary/aromatic N) is 2. The summed E-state index contributed by atoms with van der Waals surface area (Å²) >= 11 is 0. The number of carbonyl (C=O) groups is 1. The van der Waals surface area contributed by atoms with Crippen molar-refractivity contribution < 1.29 is 9.53 Å². The smallest absolute Gasteiger partial charge is 0.270 e. The molecule has 2 aliphatic rings. The predicted octanol–water partition coefficient (Wildman–Crippen LogP) is 5.24. The second-order valence-corrected chi connectivity index (χ2v) is 8.51. The number of fused-ring (bicyclic) bond motifs is 1. The van der Waals surface area contributed by atoms with E-state index in [4.69, 9.17) is 4.74 Å². The number of nitrogens with one attached hydrogen (secondary N) is 1. The molecule has 5 nitrogen and oxygen atoms in total. The van der Waals surface area contributed by atoms with Gasteiger partial charge in [0, 0.05) is 23.4 Å². The number of hydrogen-bond acceptors (Lipinski definition) is 4. The minimum absolute atomic E-state index is 0.213. The molecule has 1 unspecified atom stereocenters. The van der Waals surface area contributed by atoms with Crippen LogP contribution in [-0.4, -0.2) is 28.8 Å². The van der Waals surface area contributed by atoms with Crippen LogP contribution in [0.1, 0.15) is 46.4 Å². The highest BCUT2D eigenvalue weighted by Gasteiger charge is 2.38. The normalized spacial score (nSPS) is 19.7. The largest absolute Gasteiger partial charge is 0.497 e. The lowest BCUT2D eigenvalue weighted by atomic mass is 9.68. The minimum Gasteiger partial charge on any atom is -0.497 e. The fourth-order valence-corrected chi connectivity index (χ4v) is 4.67. The molecule has 0 radical (unpaired) electrons. The van der Waals surface area contributed by atoms with Crippen molar-refractivity contribution >= 4 is 17.8 Å². The first-order valence-corrected chi connectivity index (χ1v) is 11.1. The molecule has 162 valence electrons. The van der Waals surface area contributed by atoms with Gasteiger partial charge in [0.15, 0.2) is 5.82 Å². The highest BCUT2D eigenvalue weighted by atomic mass is 16.5. The third-order valence-corrected chi connectivity index (χ3v) is 6.73. The molecule has 3 aromatic rings. The number of methoxy groups -OCH3 is 1. The second kappa shape index (κ2) is 8.15. The summed E-state index contributed by atoms with van der Waals surface area (Å²) in [4.78, 5) is 12.7. The second-order valence-electron chi connectivity index (χ2n) is 8.51. The Labute approximate surface area is 188 Å². The maximum Gasteiger partial charge on any atom is 0.270 e. The summed E-state index contributed by atoms with van der Waals surface area (Å²) in [6, 6.07) is 19.0. The van der Waals surface area contributed by atoms with E-state index in [0.717, 1.165) is 41.2 Å². The summed E-state index contributed by atoms with van der Waals surface area (Å²) in [5.41, 5.74) is 3.78. The molecule has 2 aliphatic carbocycles. The van der Waals surface area contributed by atoms with Gasteiger partial charge in [-0.2, -0.15) is 4.68 Å². The molecule has 1 atom stereocenters. The Balaban J connectivity index is 1.65. The van der Waals surface area contributed by atoms with Gasteiger partial charge >= 0.3 is 0 Å². The van der Waals surface area contributed by atoms with E-state index < -0.39 is 5.41 Å². The average Bonchev–Trinajstić information content (AvgIpc) is 3.18. The summed E-state index contributed by atoms with van der Waals surface area (Å²) in [5, 5.41) is 8.22. The molecule has 0 bridgehead atoms. The molecule has 1 saturated carbocycles. The van der Waals surface area contributed by atoms with Gasteiger partial charge in [-0.3, -0.25) is 4.79 Å². The van der Waals surface area contributed by atoms with Gasteiger partial charge in [0.2, 0.25) is 0 Å². The fourth-order valence-electron chi connectivity index (χ4n) is 4.67. The van der Waals surface area contributed by atoms with Crippen molar-refractivity contribution in [3.05, 3.63) is 95.7 Å². The van der Waals surface area contributed by atoms with Crippen LogP contribution in [0.3, 0.4) is 0 Å². The van der Waals surface area contributed by atoms with Crippen molar-refractivity contribution in [2.45, 2.75) is 37.1 Å². The quantitative estimate of drug-likeness (QED) is 0.549. The molecule has 1 heterocycles. The molecule has 0 amide bonds. The van der Waals surface area contributed by atoms with Crippen LogP contribution < -0.4 is 10.1 Å². The van der Waals surface area contributed by atoms with E-state index in [1.165, 1.54) is 22.7 Å². The highest BCUT2D eigenvalue weighted by molar-refractivity contribution is 5.91. The van der Waals surface area contributed by atoms with E-state index >= 15 is 0 Å². The van der Waals surface area contributed by atoms with Gasteiger partial charge in [-0.15, -0.1) is 5.10 Å². The van der Waals surface area contributed by atoms with Crippen molar-refractivity contribution in [3.63, 3.8) is 0 Å². The molecular formula is C27H27N3O2. The van der Waals surface area contributed by atoms with Crippen LogP contribution in [0.25, 0.3) is 6.08 Å². The number of rotatable bonds is 6. The molecule has 5 rings (SSSR count). The minimum atomic E-state index is -0.423. The van der Waals surface area contributed by atoms with Crippen LogP contribution >= 0.6 is 0 Å². The third-order valence-electron chi connectivity index (χ3n) is 6.73. The number of hydrogen-bond donors (Lipinski definition) is 1. The molecule has 2 aromatic carbocycles. The predicted molar refractivity (Wildman–Crippen MR) is 127 cm³/mol. The Morgan fingerprint density at radius 1 is 1.16 bits per heavy atom. The molecule has 0 aliphatic heterocycles. The molecule has 1 N–H and O–H groups in total. The zero-order chi connectivity index (χ0) is 22.1. The van der Waals surface area contributed by atoms with Crippen LogP contribution in [0, 0.1) is 0 Å². The summed E-state index contributed by atoms with van der Waals surface area (Å²) < 4.78 is 6.90. The van der Waals surface area contributed by atoms with Crippen LogP contribution in [-0.2, 0) is 11.8 Å². The van der Waals surface area contributed by atoms with Crippen molar-refractivity contribution in [1.29, 1.82) is 0 Å². The van der Waals surface area contributed by atoms with Crippen molar-refractivity contribution in [2.24, 2.45) is 0 Å². The Morgan fingerprint density at radius 2 is 1.88 bits per heavy atom. The average molecular weight is 426 g/mol. The van der Waals surface area contributed by atoms with E-state index in [-0.39, 0.29) is 5.91 Å². The van der Waals surface area contributed by atoms with Gasteiger partial charge in [-0.1, -0.05) is 61.2 Å². The Morgan fingerprint density at radius 3 is 2.50 bits per heavy atom. The van der Waals surface area contributed by atoms with Gasteiger partial charge in [0.25, 0.3) is 5.91 Å². The standard InChI is InChI=1S/C27H27N3O2/c1-3-25(31)30-24-18-27(19-8-5-4-6-9-19,20-12-14-22(32-2)15-13-20)17-16-23(24)26(29-30)28-21-10-7-11-21/h3-6,8-9,12-17,21H,1,7,10-11,18H2,2H3,(H,28,29). The number of ether oxygens (including phenoxy) is 1. The zero-order valence-electron chi connectivity index (χ0n) is 18.3. The van der Waals surface area contributed by atoms with Crippen LogP contribution in [0.2, 0.25) is 0 Å². The topological polar surface area (TPSA) is 56.2 Å². The monoisotopic (exact) mass is 425 g/mol. The Kier molecular flexibility index (Phi) is 5.17. The summed E-state index contributed by atoms with van der Waals surface area (Å²) in [6.45, 7) is 3.69. The Bertz CT molecular complexity index is 1170. The molecule has 1 fully saturated rings. The third kappa shape index (κ3) is 3.34. The number of anilines is 1. The first kappa shape index (κ1) is 20.3. The van der Waals surface area contributed by atoms with Gasteiger partial charge < -0.3 is 10.1 Å². The van der Waals surface area contributed by atoms with E-state index in [1.807, 2.05) is 18.2 Å². The van der Waals surface area contributed by atoms with E-state index in [1.54, 1.807) is 7.11 Å². The number of carbonyl (C=O) groups excluding carboxylic acids is 1. The molecule has 32 heavy (non-hydrogen) atoms. The van der Waals surface area contributed by atoms with Crippen molar-refractivity contribution in [3.8, 4) is 5.75 Å². The molecule has 0 saturated heterocycles. The highest BCUT2D eigenvalue weighted by Crippen LogP contribution is 2.44. The van der Waals surface area contributed by atoms with E-state index in [2.05, 4.69) is 65.5 Å². The van der Waals surface area contributed by atoms with Gasteiger partial charge in [0.1, 0.15) is 5.75 Å². The maximum absolute atomic E-state index is 12.7. The van der Waals surface area contributed by atoms with E-state index in [9.17, 15) is 4.79 Å². The molecular weight excluding hydrogens is 398 g/mol. The lowest BCUT2D eigenvalue weighted by Gasteiger charge is -2.35. The first-order chi connectivity index (χ1) is 15.6. The molecule has 0 spiro atoms. The Hall–Kier alpha value is -3.60. The van der Waals surface area contributed by atoms with E-state index in [0.29, 0.717) is 12.5 Å². The van der Waals surface area contributed by atoms with Crippen molar-refractivity contribution in [2.75, 3.05) is 12.4 Å². The van der Waals surface area contributed by atoms with Gasteiger partial charge in [-0.25, -0.2) is 0 Å². The van der Waals surface area contributed by atoms with Crippen molar-refractivity contribution in [1.82, 2.24) is 9.78 Å². The zero-order valence-corrected chi connectivity index (χ0v) is 18.3.